The fraction of sp³-hybridized carbons (Fsp3) is 0.905. The predicted octanol–water partition coefficient (Wildman–Crippen LogP) is 2.41. The van der Waals surface area contributed by atoms with E-state index in [2.05, 4.69) is 15.6 Å². The number of ether oxygens (including phenoxy) is 2. The lowest BCUT2D eigenvalue weighted by molar-refractivity contribution is -0.175. The summed E-state index contributed by atoms with van der Waals surface area (Å²) in [6.45, 7) is 1.43. The average Bonchev–Trinajstić information content (AvgIpc) is 2.95. The van der Waals surface area contributed by atoms with Crippen LogP contribution < -0.4 is 10.6 Å². The van der Waals surface area contributed by atoms with Gasteiger partial charge in [-0.1, -0.05) is 32.1 Å². The number of nitrogens with one attached hydrogen (secondary N) is 2. The molecule has 1 spiro atoms. The molecule has 7 nitrogen and oxygen atoms in total. The number of carbonyl (C=O) groups is 1. The smallest absolute Gasteiger partial charge is 0.243 e. The number of rotatable bonds is 5. The fourth-order valence-electron chi connectivity index (χ4n) is 4.34. The van der Waals surface area contributed by atoms with Crippen molar-refractivity contribution in [2.45, 2.75) is 88.6 Å². The normalized spacial score (nSPS) is 26.1. The van der Waals surface area contributed by atoms with Crippen LogP contribution in [0, 0.1) is 0 Å². The minimum absolute atomic E-state index is 0.00241. The van der Waals surface area contributed by atoms with Crippen molar-refractivity contribution >= 4 is 11.9 Å². The van der Waals surface area contributed by atoms with Crippen LogP contribution in [-0.2, 0) is 14.3 Å². The lowest BCUT2D eigenvalue weighted by Gasteiger charge is -2.27. The molecule has 1 aliphatic heterocycles. The van der Waals surface area contributed by atoms with Crippen LogP contribution in [0.25, 0.3) is 0 Å². The summed E-state index contributed by atoms with van der Waals surface area (Å²) < 4.78 is 12.4. The highest BCUT2D eigenvalue weighted by atomic mass is 16.7. The van der Waals surface area contributed by atoms with Gasteiger partial charge in [0.25, 0.3) is 0 Å². The molecule has 1 atom stereocenters. The molecule has 0 radical (unpaired) electrons. The summed E-state index contributed by atoms with van der Waals surface area (Å²) in [5.41, 5.74) is 0. The van der Waals surface area contributed by atoms with Gasteiger partial charge in [0.15, 0.2) is 11.7 Å². The van der Waals surface area contributed by atoms with E-state index in [1.54, 1.807) is 19.0 Å². The summed E-state index contributed by atoms with van der Waals surface area (Å²) in [6, 6.07) is 0.434. The zero-order valence-corrected chi connectivity index (χ0v) is 17.7. The predicted molar refractivity (Wildman–Crippen MR) is 110 cm³/mol. The summed E-state index contributed by atoms with van der Waals surface area (Å²) in [7, 11) is 3.52. The summed E-state index contributed by atoms with van der Waals surface area (Å²) in [4.78, 5) is 18.1. The van der Waals surface area contributed by atoms with Gasteiger partial charge >= 0.3 is 0 Å². The monoisotopic (exact) mass is 394 g/mol. The number of hydrogen-bond donors (Lipinski definition) is 2. The quantitative estimate of drug-likeness (QED) is 0.553. The molecule has 0 aromatic rings. The molecule has 0 aromatic heterocycles. The zero-order valence-electron chi connectivity index (χ0n) is 17.7. The highest BCUT2D eigenvalue weighted by molar-refractivity contribution is 5.84. The van der Waals surface area contributed by atoms with Crippen LogP contribution in [0.1, 0.15) is 70.6 Å². The van der Waals surface area contributed by atoms with E-state index in [-0.39, 0.29) is 24.3 Å². The first-order chi connectivity index (χ1) is 13.6. The number of nitrogens with zero attached hydrogens (tertiary/aromatic N) is 2. The van der Waals surface area contributed by atoms with Crippen LogP contribution in [-0.4, -0.2) is 68.5 Å². The Hall–Kier alpha value is -1.34. The minimum Gasteiger partial charge on any atom is -0.354 e. The molecule has 2 N–H and O–H groups in total. The topological polar surface area (TPSA) is 75.2 Å². The number of aliphatic imine (C=N–C) groups is 1. The molecule has 3 fully saturated rings. The maximum absolute atomic E-state index is 12.0. The van der Waals surface area contributed by atoms with Crippen LogP contribution in [0.15, 0.2) is 4.99 Å². The maximum atomic E-state index is 12.0. The Balaban J connectivity index is 1.53. The van der Waals surface area contributed by atoms with Gasteiger partial charge in [-0.05, 0) is 25.7 Å². The van der Waals surface area contributed by atoms with Crippen LogP contribution >= 0.6 is 0 Å². The van der Waals surface area contributed by atoms with Crippen LogP contribution in [0.3, 0.4) is 0 Å². The molecule has 2 saturated carbocycles. The molecular formula is C21H38N4O3. The molecular weight excluding hydrogens is 356 g/mol. The molecule has 3 rings (SSSR count). The Morgan fingerprint density at radius 3 is 2.43 bits per heavy atom. The van der Waals surface area contributed by atoms with Gasteiger partial charge in [-0.3, -0.25) is 4.79 Å². The van der Waals surface area contributed by atoms with Gasteiger partial charge < -0.3 is 25.0 Å². The van der Waals surface area contributed by atoms with Crippen LogP contribution in [0.2, 0.25) is 0 Å². The van der Waals surface area contributed by atoms with Crippen molar-refractivity contribution < 1.29 is 14.3 Å². The van der Waals surface area contributed by atoms with E-state index in [1.807, 2.05) is 0 Å². The zero-order chi connectivity index (χ0) is 19.8. The van der Waals surface area contributed by atoms with Gasteiger partial charge in [0.2, 0.25) is 5.91 Å². The summed E-state index contributed by atoms with van der Waals surface area (Å²) in [5.74, 6) is 0.354. The molecule has 2 aliphatic carbocycles. The standard InChI is InChI=1S/C21H38N4O3/c1-25(2)19(26)15-23-20(24-17-10-6-5-7-11-17)22-14-18-16-27-21(28-18)12-8-3-4-9-13-21/h17-18H,3-16H2,1-2H3,(H2,22,23,24). The van der Waals surface area contributed by atoms with Crippen molar-refractivity contribution in [2.75, 3.05) is 33.8 Å². The van der Waals surface area contributed by atoms with E-state index >= 15 is 0 Å². The Morgan fingerprint density at radius 2 is 1.75 bits per heavy atom. The molecule has 3 aliphatic rings. The second-order valence-electron chi connectivity index (χ2n) is 8.69. The average molecular weight is 395 g/mol. The molecule has 0 bridgehead atoms. The van der Waals surface area contributed by atoms with E-state index in [9.17, 15) is 4.79 Å². The third-order valence-electron chi connectivity index (χ3n) is 6.09. The van der Waals surface area contributed by atoms with Gasteiger partial charge in [-0.25, -0.2) is 4.99 Å². The number of carbonyl (C=O) groups excluding carboxylic acids is 1. The Labute approximate surface area is 169 Å². The first kappa shape index (κ1) is 21.4. The Morgan fingerprint density at radius 1 is 1.07 bits per heavy atom. The fourth-order valence-corrected chi connectivity index (χ4v) is 4.34. The van der Waals surface area contributed by atoms with E-state index < -0.39 is 0 Å². The summed E-state index contributed by atoms with van der Waals surface area (Å²) >= 11 is 0. The Bertz CT molecular complexity index is 524. The third-order valence-corrected chi connectivity index (χ3v) is 6.09. The highest BCUT2D eigenvalue weighted by Crippen LogP contribution is 2.36. The van der Waals surface area contributed by atoms with Gasteiger partial charge in [0.05, 0.1) is 6.61 Å². The number of hydrogen-bond acceptors (Lipinski definition) is 4. The molecule has 7 heteroatoms. The van der Waals surface area contributed by atoms with E-state index in [4.69, 9.17) is 9.47 Å². The minimum atomic E-state index is -0.363. The number of amides is 1. The lowest BCUT2D eigenvalue weighted by Crippen LogP contribution is -2.47. The first-order valence-corrected chi connectivity index (χ1v) is 11.1. The van der Waals surface area contributed by atoms with Crippen molar-refractivity contribution in [3.8, 4) is 0 Å². The largest absolute Gasteiger partial charge is 0.354 e. The van der Waals surface area contributed by atoms with Gasteiger partial charge in [0, 0.05) is 39.5 Å². The van der Waals surface area contributed by atoms with E-state index in [1.165, 1.54) is 44.9 Å². The van der Waals surface area contributed by atoms with Crippen LogP contribution in [0.4, 0.5) is 0 Å². The second-order valence-corrected chi connectivity index (χ2v) is 8.69. The summed E-state index contributed by atoms with van der Waals surface area (Å²) in [6.07, 6.45) is 13.1. The molecule has 160 valence electrons. The molecule has 1 saturated heterocycles. The summed E-state index contributed by atoms with van der Waals surface area (Å²) in [5, 5.41) is 6.93. The van der Waals surface area contributed by atoms with Crippen LogP contribution in [0.5, 0.6) is 0 Å². The van der Waals surface area contributed by atoms with Gasteiger partial charge in [-0.2, -0.15) is 0 Å². The lowest BCUT2D eigenvalue weighted by atomic mass is 9.96. The molecule has 28 heavy (non-hydrogen) atoms. The van der Waals surface area contributed by atoms with Crippen molar-refractivity contribution in [1.29, 1.82) is 0 Å². The molecule has 1 amide bonds. The molecule has 1 unspecified atom stereocenters. The maximum Gasteiger partial charge on any atom is 0.243 e. The van der Waals surface area contributed by atoms with Gasteiger partial charge in [0.1, 0.15) is 12.6 Å². The van der Waals surface area contributed by atoms with Crippen molar-refractivity contribution in [3.05, 3.63) is 0 Å². The molecule has 0 aromatic carbocycles. The Kier molecular flexibility index (Phi) is 7.97. The number of guanidine groups is 1. The molecule has 1 heterocycles. The second kappa shape index (κ2) is 10.4. The number of likely N-dealkylation sites (N-methyl/N-ethyl adjacent to an activating group) is 1. The first-order valence-electron chi connectivity index (χ1n) is 11.1. The highest BCUT2D eigenvalue weighted by Gasteiger charge is 2.41. The van der Waals surface area contributed by atoms with Crippen molar-refractivity contribution in [3.63, 3.8) is 0 Å². The van der Waals surface area contributed by atoms with E-state index in [0.29, 0.717) is 25.2 Å². The van der Waals surface area contributed by atoms with E-state index in [0.717, 1.165) is 25.7 Å². The third kappa shape index (κ3) is 6.34. The van der Waals surface area contributed by atoms with Gasteiger partial charge in [-0.15, -0.1) is 0 Å². The van der Waals surface area contributed by atoms with Crippen molar-refractivity contribution in [1.82, 2.24) is 15.5 Å². The van der Waals surface area contributed by atoms with Crippen molar-refractivity contribution in [2.24, 2.45) is 4.99 Å². The SMILES string of the molecule is CN(C)C(=O)CN=C(NCC1COC2(CCCCCC2)O1)NC1CCCCC1.